The maximum absolute atomic E-state index is 12.1. The molecule has 1 amide bonds. The maximum atomic E-state index is 12.1. The minimum absolute atomic E-state index is 0.137. The molecule has 0 aliphatic carbocycles. The van der Waals surface area contributed by atoms with Gasteiger partial charge in [0.15, 0.2) is 6.04 Å². The molecule has 0 spiro atoms. The van der Waals surface area contributed by atoms with Crippen LogP contribution in [0.5, 0.6) is 0 Å². The standard InChI is InChI=1S/C27H50NO10P/c1-3-5-7-8-9-10-11-12-13-14-15-16-17-18-25(30)28-24(27(32)33)22-38-39(34,35)37-21-23(29)20-36-26(31)19-6-4-2/h10-11,23-24,29H,3-9,12-22H2,1-2H3,(H,28,30)(H,32,33)(H,34,35)/b11-10-. The average Bonchev–Trinajstić information content (AvgIpc) is 2.89. The Labute approximate surface area is 233 Å². The van der Waals surface area contributed by atoms with Crippen LogP contribution in [0.25, 0.3) is 0 Å². The van der Waals surface area contributed by atoms with Gasteiger partial charge in [-0.3, -0.25) is 18.6 Å². The van der Waals surface area contributed by atoms with Gasteiger partial charge in [-0.2, -0.15) is 0 Å². The zero-order chi connectivity index (χ0) is 29.4. The lowest BCUT2D eigenvalue weighted by atomic mass is 10.1. The number of phosphoric acid groups is 1. The fraction of sp³-hybridized carbons (Fsp3) is 0.815. The zero-order valence-corrected chi connectivity index (χ0v) is 24.6. The van der Waals surface area contributed by atoms with Crippen molar-refractivity contribution in [2.75, 3.05) is 19.8 Å². The van der Waals surface area contributed by atoms with Gasteiger partial charge in [-0.05, 0) is 38.5 Å². The number of aliphatic hydroxyl groups excluding tert-OH is 1. The van der Waals surface area contributed by atoms with Crippen LogP contribution in [0.3, 0.4) is 0 Å². The van der Waals surface area contributed by atoms with Crippen molar-refractivity contribution in [3.05, 3.63) is 12.2 Å². The molecule has 0 aromatic heterocycles. The molecule has 39 heavy (non-hydrogen) atoms. The second kappa shape index (κ2) is 24.1. The lowest BCUT2D eigenvalue weighted by molar-refractivity contribution is -0.147. The smallest absolute Gasteiger partial charge is 0.472 e. The lowest BCUT2D eigenvalue weighted by Gasteiger charge is -2.18. The second-order valence-electron chi connectivity index (χ2n) is 9.59. The SMILES string of the molecule is CCCCCC/C=C\CCCCCCCC(=O)NC(COP(=O)(O)OCC(O)COC(=O)CCCC)C(=O)O. The summed E-state index contributed by atoms with van der Waals surface area (Å²) in [4.78, 5) is 44.7. The van der Waals surface area contributed by atoms with E-state index in [9.17, 15) is 34.1 Å². The molecule has 0 radical (unpaired) electrons. The summed E-state index contributed by atoms with van der Waals surface area (Å²) in [6, 6.07) is -1.54. The number of nitrogens with one attached hydrogen (secondary N) is 1. The Morgan fingerprint density at radius 2 is 1.36 bits per heavy atom. The molecule has 0 saturated heterocycles. The molecule has 4 N–H and O–H groups in total. The number of carbonyl (C=O) groups is 3. The molecule has 3 atom stereocenters. The van der Waals surface area contributed by atoms with E-state index in [1.807, 2.05) is 6.92 Å². The summed E-state index contributed by atoms with van der Waals surface area (Å²) >= 11 is 0. The first-order chi connectivity index (χ1) is 18.6. The van der Waals surface area contributed by atoms with Crippen LogP contribution >= 0.6 is 7.82 Å². The van der Waals surface area contributed by atoms with Crippen LogP contribution in [0.4, 0.5) is 0 Å². The van der Waals surface area contributed by atoms with E-state index in [0.717, 1.165) is 44.9 Å². The number of allylic oxidation sites excluding steroid dienone is 2. The van der Waals surface area contributed by atoms with Crippen molar-refractivity contribution in [2.24, 2.45) is 0 Å². The molecule has 0 aliphatic heterocycles. The molecular formula is C27H50NO10P. The largest absolute Gasteiger partial charge is 0.480 e. The Balaban J connectivity index is 4.07. The van der Waals surface area contributed by atoms with Gasteiger partial charge in [-0.1, -0.05) is 70.9 Å². The van der Waals surface area contributed by atoms with Crippen LogP contribution in [0, 0.1) is 0 Å². The molecule has 0 heterocycles. The Morgan fingerprint density at radius 3 is 1.97 bits per heavy atom. The van der Waals surface area contributed by atoms with Crippen molar-refractivity contribution >= 4 is 25.7 Å². The molecule has 0 aromatic carbocycles. The van der Waals surface area contributed by atoms with Gasteiger partial charge >= 0.3 is 19.8 Å². The first-order valence-electron chi connectivity index (χ1n) is 14.2. The van der Waals surface area contributed by atoms with E-state index in [0.29, 0.717) is 12.8 Å². The number of aliphatic hydroxyl groups is 1. The molecule has 11 nitrogen and oxygen atoms in total. The molecular weight excluding hydrogens is 529 g/mol. The molecule has 0 bridgehead atoms. The number of carboxylic acids is 1. The molecule has 3 unspecified atom stereocenters. The molecule has 12 heteroatoms. The summed E-state index contributed by atoms with van der Waals surface area (Å²) in [5.74, 6) is -2.43. The molecule has 0 fully saturated rings. The Morgan fingerprint density at radius 1 is 0.795 bits per heavy atom. The fourth-order valence-electron chi connectivity index (χ4n) is 3.46. The van der Waals surface area contributed by atoms with Crippen LogP contribution in [-0.2, 0) is 32.7 Å². The topological polar surface area (TPSA) is 169 Å². The van der Waals surface area contributed by atoms with Gasteiger partial charge in [0.05, 0.1) is 13.2 Å². The predicted octanol–water partition coefficient (Wildman–Crippen LogP) is 5.04. The first kappa shape index (κ1) is 37.2. The third kappa shape index (κ3) is 23.8. The average molecular weight is 580 g/mol. The number of carboxylic acid groups (broad SMARTS) is 1. The van der Waals surface area contributed by atoms with Gasteiger partial charge in [-0.25, -0.2) is 9.36 Å². The quantitative estimate of drug-likeness (QED) is 0.0471. The third-order valence-electron chi connectivity index (χ3n) is 5.80. The van der Waals surface area contributed by atoms with Crippen LogP contribution in [-0.4, -0.2) is 64.9 Å². The van der Waals surface area contributed by atoms with E-state index in [1.54, 1.807) is 0 Å². The Hall–Kier alpha value is -1.78. The number of amides is 1. The van der Waals surface area contributed by atoms with E-state index in [2.05, 4.69) is 33.4 Å². The highest BCUT2D eigenvalue weighted by atomic mass is 31.2. The molecule has 0 aromatic rings. The number of hydrogen-bond donors (Lipinski definition) is 4. The first-order valence-corrected chi connectivity index (χ1v) is 15.7. The maximum Gasteiger partial charge on any atom is 0.472 e. The minimum atomic E-state index is -4.72. The number of ether oxygens (including phenoxy) is 1. The van der Waals surface area contributed by atoms with Gasteiger partial charge in [-0.15, -0.1) is 0 Å². The van der Waals surface area contributed by atoms with Crippen molar-refractivity contribution in [1.29, 1.82) is 0 Å². The highest BCUT2D eigenvalue weighted by Gasteiger charge is 2.28. The number of esters is 1. The number of rotatable bonds is 26. The molecule has 0 aliphatic rings. The zero-order valence-electron chi connectivity index (χ0n) is 23.7. The van der Waals surface area contributed by atoms with E-state index >= 15 is 0 Å². The monoisotopic (exact) mass is 579 g/mol. The number of unbranched alkanes of at least 4 members (excludes halogenated alkanes) is 10. The number of carbonyl (C=O) groups excluding carboxylic acids is 2. The summed E-state index contributed by atoms with van der Waals surface area (Å²) in [5, 5.41) is 21.3. The summed E-state index contributed by atoms with van der Waals surface area (Å²) in [6.07, 6.45) is 16.8. The summed E-state index contributed by atoms with van der Waals surface area (Å²) in [7, 11) is -4.72. The van der Waals surface area contributed by atoms with Crippen LogP contribution in [0.15, 0.2) is 12.2 Å². The molecule has 228 valence electrons. The Kier molecular flexibility index (Phi) is 23.0. The number of phosphoric ester groups is 1. The summed E-state index contributed by atoms with van der Waals surface area (Å²) in [5.41, 5.74) is 0. The van der Waals surface area contributed by atoms with Gasteiger partial charge in [0, 0.05) is 12.8 Å². The highest BCUT2D eigenvalue weighted by molar-refractivity contribution is 7.47. The summed E-state index contributed by atoms with van der Waals surface area (Å²) < 4.78 is 26.1. The van der Waals surface area contributed by atoms with Crippen LogP contribution in [0.2, 0.25) is 0 Å². The number of aliphatic carboxylic acids is 1. The van der Waals surface area contributed by atoms with Crippen molar-refractivity contribution in [1.82, 2.24) is 5.32 Å². The van der Waals surface area contributed by atoms with Crippen LogP contribution < -0.4 is 5.32 Å². The summed E-state index contributed by atoms with van der Waals surface area (Å²) in [6.45, 7) is 2.22. The van der Waals surface area contributed by atoms with Gasteiger partial charge in [0.25, 0.3) is 0 Å². The van der Waals surface area contributed by atoms with Crippen molar-refractivity contribution in [3.63, 3.8) is 0 Å². The van der Waals surface area contributed by atoms with E-state index in [-0.39, 0.29) is 12.8 Å². The molecule has 0 rings (SSSR count). The molecule has 0 saturated carbocycles. The third-order valence-corrected chi connectivity index (χ3v) is 6.76. The van der Waals surface area contributed by atoms with Gasteiger partial charge in [0.2, 0.25) is 5.91 Å². The van der Waals surface area contributed by atoms with E-state index < -0.39 is 57.6 Å². The van der Waals surface area contributed by atoms with Gasteiger partial charge < -0.3 is 25.2 Å². The highest BCUT2D eigenvalue weighted by Crippen LogP contribution is 2.43. The number of hydrogen-bond acceptors (Lipinski definition) is 8. The van der Waals surface area contributed by atoms with E-state index in [1.165, 1.54) is 25.7 Å². The fourth-order valence-corrected chi connectivity index (χ4v) is 4.23. The van der Waals surface area contributed by atoms with Crippen LogP contribution in [0.1, 0.15) is 110 Å². The lowest BCUT2D eigenvalue weighted by Crippen LogP contribution is -2.43. The minimum Gasteiger partial charge on any atom is -0.480 e. The van der Waals surface area contributed by atoms with Gasteiger partial charge in [0.1, 0.15) is 12.7 Å². The normalized spacial score (nSPS) is 14.6. The predicted molar refractivity (Wildman–Crippen MR) is 148 cm³/mol. The van der Waals surface area contributed by atoms with Crippen molar-refractivity contribution < 1.29 is 47.8 Å². The second-order valence-corrected chi connectivity index (χ2v) is 11.0. The van der Waals surface area contributed by atoms with Crippen molar-refractivity contribution in [3.8, 4) is 0 Å². The Bertz CT molecular complexity index is 746. The van der Waals surface area contributed by atoms with Crippen molar-refractivity contribution in [2.45, 2.75) is 122 Å². The van der Waals surface area contributed by atoms with E-state index in [4.69, 9.17) is 4.74 Å².